The van der Waals surface area contributed by atoms with Crippen molar-refractivity contribution >= 4 is 5.97 Å². The highest BCUT2D eigenvalue weighted by Crippen LogP contribution is 2.05. The van der Waals surface area contributed by atoms with Gasteiger partial charge >= 0.3 is 5.97 Å². The summed E-state index contributed by atoms with van der Waals surface area (Å²) < 4.78 is 5.09. The number of carboxylic acids is 1. The number of ether oxygens (including phenoxy) is 1. The molecule has 0 saturated carbocycles. The van der Waals surface area contributed by atoms with Crippen molar-refractivity contribution in [2.45, 2.75) is 54.1 Å². The zero-order valence-electron chi connectivity index (χ0n) is 7.17. The monoisotopic (exact) mass is 192 g/mol. The average Bonchev–Trinajstić information content (AvgIpc) is 1.97. The van der Waals surface area contributed by atoms with E-state index in [1.807, 2.05) is 6.92 Å². The number of carbonyl (C=O) groups is 1. The lowest BCUT2D eigenvalue weighted by atomic mass is 10.2. The van der Waals surface area contributed by atoms with Crippen molar-refractivity contribution in [2.75, 3.05) is 6.61 Å². The van der Waals surface area contributed by atoms with E-state index in [-0.39, 0.29) is 27.6 Å². The van der Waals surface area contributed by atoms with E-state index in [1.54, 1.807) is 0 Å². The Labute approximate surface area is 82.1 Å². The molecule has 0 aliphatic carbocycles. The maximum Gasteiger partial charge on any atom is 0.329 e. The third-order valence-corrected chi connectivity index (χ3v) is 1.51. The Balaban J connectivity index is -0.000000500. The van der Waals surface area contributed by atoms with Gasteiger partial charge in [0.25, 0.3) is 0 Å². The van der Waals surface area contributed by atoms with Gasteiger partial charge in [-0.25, -0.2) is 4.79 Å². The van der Waals surface area contributed by atoms with Gasteiger partial charge in [-0.05, 0) is 12.8 Å². The van der Waals surface area contributed by atoms with Crippen LogP contribution in [-0.2, 0) is 9.53 Å². The molecule has 0 amide bonds. The molecule has 3 heteroatoms. The fourth-order valence-corrected chi connectivity index (χ4v) is 0.916. The van der Waals surface area contributed by atoms with Gasteiger partial charge in [-0.15, -0.1) is 0 Å². The second-order valence-corrected chi connectivity index (χ2v) is 2.52. The van der Waals surface area contributed by atoms with Crippen molar-refractivity contribution in [1.29, 1.82) is 0 Å². The van der Waals surface area contributed by atoms with Crippen LogP contribution in [0.1, 0.15) is 48.0 Å². The third-order valence-electron chi connectivity index (χ3n) is 1.51. The Morgan fingerprint density at radius 1 is 1.38 bits per heavy atom. The van der Waals surface area contributed by atoms with E-state index in [9.17, 15) is 4.79 Å². The second-order valence-electron chi connectivity index (χ2n) is 2.52. The number of aliphatic carboxylic acids is 1. The molecule has 13 heavy (non-hydrogen) atoms. The van der Waals surface area contributed by atoms with Crippen molar-refractivity contribution < 1.29 is 14.6 Å². The molecule has 0 aromatic carbocycles. The number of rotatable bonds is 6. The molecule has 0 rings (SSSR count). The minimum Gasteiger partial charge on any atom is -0.480 e. The summed E-state index contributed by atoms with van der Waals surface area (Å²) in [7, 11) is 0. The van der Waals surface area contributed by atoms with E-state index in [0.717, 1.165) is 19.3 Å². The predicted molar refractivity (Wildman–Crippen MR) is 56.0 cm³/mol. The van der Waals surface area contributed by atoms with Gasteiger partial charge in [0.05, 0.1) is 6.10 Å². The minimum atomic E-state index is -0.889. The molecule has 0 radical (unpaired) electrons. The lowest BCUT2D eigenvalue weighted by Crippen LogP contribution is -2.17. The molecule has 0 bridgehead atoms. The first-order chi connectivity index (χ1) is 5.20. The Hall–Kier alpha value is -0.570. The van der Waals surface area contributed by atoms with Gasteiger partial charge in [0.1, 0.15) is 6.61 Å². The fraction of sp³-hybridized carbons (Fsp3) is 0.900. The van der Waals surface area contributed by atoms with Gasteiger partial charge in [-0.1, -0.05) is 35.1 Å². The van der Waals surface area contributed by atoms with Crippen LogP contribution in [0.5, 0.6) is 0 Å². The highest BCUT2D eigenvalue weighted by Gasteiger charge is 2.06. The molecule has 0 aromatic rings. The lowest BCUT2D eigenvalue weighted by molar-refractivity contribution is -0.144. The smallest absolute Gasteiger partial charge is 0.329 e. The molecule has 82 valence electrons. The maximum absolute atomic E-state index is 10.1. The summed E-state index contributed by atoms with van der Waals surface area (Å²) in [4.78, 5) is 10.1. The Bertz CT molecular complexity index is 113. The predicted octanol–water partition coefficient (Wildman–Crippen LogP) is 2.94. The van der Waals surface area contributed by atoms with Crippen molar-refractivity contribution in [1.82, 2.24) is 0 Å². The van der Waals surface area contributed by atoms with Crippen LogP contribution in [0, 0.1) is 0 Å². The molecule has 0 spiro atoms. The SMILES string of the molecule is C.C.CCCC(CC)OCC(=O)O. The molecule has 1 unspecified atom stereocenters. The Kier molecular flexibility index (Phi) is 16.1. The van der Waals surface area contributed by atoms with Crippen LogP contribution in [-0.4, -0.2) is 23.8 Å². The van der Waals surface area contributed by atoms with Crippen LogP contribution in [0.25, 0.3) is 0 Å². The molecule has 0 saturated heterocycles. The molecule has 0 aliphatic rings. The van der Waals surface area contributed by atoms with Crippen LogP contribution in [0.4, 0.5) is 0 Å². The first-order valence-corrected chi connectivity index (χ1v) is 4.04. The fourth-order valence-electron chi connectivity index (χ4n) is 0.916. The molecular formula is C10H24O3. The summed E-state index contributed by atoms with van der Waals surface area (Å²) in [6, 6.07) is 0. The quantitative estimate of drug-likeness (QED) is 0.703. The summed E-state index contributed by atoms with van der Waals surface area (Å²) in [5, 5.41) is 8.30. The van der Waals surface area contributed by atoms with E-state index >= 15 is 0 Å². The van der Waals surface area contributed by atoms with Crippen LogP contribution < -0.4 is 0 Å². The average molecular weight is 192 g/mol. The van der Waals surface area contributed by atoms with Gasteiger partial charge in [0, 0.05) is 0 Å². The summed E-state index contributed by atoms with van der Waals surface area (Å²) in [6.45, 7) is 3.90. The first-order valence-electron chi connectivity index (χ1n) is 4.04. The molecule has 0 aromatic heterocycles. The molecule has 1 atom stereocenters. The van der Waals surface area contributed by atoms with Crippen LogP contribution in [0.15, 0.2) is 0 Å². The highest BCUT2D eigenvalue weighted by molar-refractivity contribution is 5.68. The summed E-state index contributed by atoms with van der Waals surface area (Å²) >= 11 is 0. The van der Waals surface area contributed by atoms with Crippen LogP contribution in [0.3, 0.4) is 0 Å². The summed E-state index contributed by atoms with van der Waals surface area (Å²) in [6.07, 6.45) is 3.00. The van der Waals surface area contributed by atoms with Gasteiger partial charge in [-0.3, -0.25) is 0 Å². The minimum absolute atomic E-state index is 0. The van der Waals surface area contributed by atoms with Crippen molar-refractivity contribution in [3.63, 3.8) is 0 Å². The van der Waals surface area contributed by atoms with E-state index < -0.39 is 5.97 Å². The van der Waals surface area contributed by atoms with E-state index in [2.05, 4.69) is 6.92 Å². The molecule has 1 N–H and O–H groups in total. The van der Waals surface area contributed by atoms with Crippen molar-refractivity contribution in [3.05, 3.63) is 0 Å². The van der Waals surface area contributed by atoms with Crippen molar-refractivity contribution in [3.8, 4) is 0 Å². The number of hydrogen-bond donors (Lipinski definition) is 1. The second kappa shape index (κ2) is 11.4. The number of carboxylic acid groups (broad SMARTS) is 1. The van der Waals surface area contributed by atoms with Crippen LogP contribution >= 0.6 is 0 Å². The third kappa shape index (κ3) is 11.4. The molecular weight excluding hydrogens is 168 g/mol. The van der Waals surface area contributed by atoms with E-state index in [1.165, 1.54) is 0 Å². The summed E-state index contributed by atoms with van der Waals surface area (Å²) in [5.74, 6) is -0.889. The first kappa shape index (κ1) is 18.3. The maximum atomic E-state index is 10.1. The largest absolute Gasteiger partial charge is 0.480 e. The van der Waals surface area contributed by atoms with E-state index in [0.29, 0.717) is 0 Å². The Morgan fingerprint density at radius 2 is 1.92 bits per heavy atom. The Morgan fingerprint density at radius 3 is 2.23 bits per heavy atom. The van der Waals surface area contributed by atoms with Gasteiger partial charge in [0.2, 0.25) is 0 Å². The summed E-state index contributed by atoms with van der Waals surface area (Å²) in [5.41, 5.74) is 0. The van der Waals surface area contributed by atoms with Crippen LogP contribution in [0.2, 0.25) is 0 Å². The molecule has 3 nitrogen and oxygen atoms in total. The molecule has 0 heterocycles. The standard InChI is InChI=1S/C8H16O3.2CH4/c1-3-5-7(4-2)11-6-8(9)10;;/h7H,3-6H2,1-2H3,(H,9,10);2*1H4. The zero-order valence-corrected chi connectivity index (χ0v) is 7.17. The van der Waals surface area contributed by atoms with Crippen molar-refractivity contribution in [2.24, 2.45) is 0 Å². The zero-order chi connectivity index (χ0) is 8.69. The van der Waals surface area contributed by atoms with E-state index in [4.69, 9.17) is 9.84 Å². The normalized spacial score (nSPS) is 10.9. The van der Waals surface area contributed by atoms with Gasteiger partial charge in [0.15, 0.2) is 0 Å². The highest BCUT2D eigenvalue weighted by atomic mass is 16.5. The lowest BCUT2D eigenvalue weighted by Gasteiger charge is -2.12. The van der Waals surface area contributed by atoms with Gasteiger partial charge < -0.3 is 9.84 Å². The molecule has 0 aliphatic heterocycles. The topological polar surface area (TPSA) is 46.5 Å². The van der Waals surface area contributed by atoms with Gasteiger partial charge in [-0.2, -0.15) is 0 Å². The number of hydrogen-bond acceptors (Lipinski definition) is 2. The molecule has 0 fully saturated rings.